The molecule has 7 nitrogen and oxygen atoms in total. The van der Waals surface area contributed by atoms with Gasteiger partial charge < -0.3 is 18.9 Å². The number of carbonyl (C=O) groups excluding carboxylic acids is 1. The topological polar surface area (TPSA) is 77.7 Å². The maximum Gasteiger partial charge on any atom is 0.232 e. The molecule has 1 atom stereocenters. The van der Waals surface area contributed by atoms with Crippen LogP contribution in [0.2, 0.25) is 0 Å². The number of hydrogen-bond donors (Lipinski definition) is 0. The van der Waals surface area contributed by atoms with Gasteiger partial charge >= 0.3 is 0 Å². The Morgan fingerprint density at radius 1 is 1.10 bits per heavy atom. The molecule has 2 heterocycles. The van der Waals surface area contributed by atoms with E-state index in [1.54, 1.807) is 12.0 Å². The Labute approximate surface area is 175 Å². The van der Waals surface area contributed by atoms with E-state index in [1.807, 2.05) is 48.5 Å². The van der Waals surface area contributed by atoms with Gasteiger partial charge in [-0.1, -0.05) is 19.0 Å². The minimum Gasteiger partial charge on any atom is -0.497 e. The van der Waals surface area contributed by atoms with Crippen LogP contribution in [-0.4, -0.2) is 36.3 Å². The summed E-state index contributed by atoms with van der Waals surface area (Å²) in [5, 5.41) is 4.11. The van der Waals surface area contributed by atoms with Crippen LogP contribution < -0.4 is 14.4 Å². The third kappa shape index (κ3) is 4.30. The van der Waals surface area contributed by atoms with E-state index in [1.165, 1.54) is 0 Å². The van der Waals surface area contributed by atoms with Crippen molar-refractivity contribution in [1.82, 2.24) is 10.1 Å². The van der Waals surface area contributed by atoms with E-state index in [9.17, 15) is 4.79 Å². The maximum absolute atomic E-state index is 12.5. The predicted octanol–water partition coefficient (Wildman–Crippen LogP) is 4.30. The Bertz CT molecular complexity index is 996. The molecule has 4 rings (SSSR count). The molecular weight excluding hydrogens is 382 g/mol. The van der Waals surface area contributed by atoms with E-state index in [4.69, 9.17) is 14.0 Å². The number of hydrogen-bond acceptors (Lipinski definition) is 6. The van der Waals surface area contributed by atoms with Crippen LogP contribution in [0, 0.1) is 5.92 Å². The van der Waals surface area contributed by atoms with Gasteiger partial charge in [0.05, 0.1) is 19.6 Å². The van der Waals surface area contributed by atoms with Crippen LogP contribution in [0.25, 0.3) is 11.4 Å². The van der Waals surface area contributed by atoms with Gasteiger partial charge in [0.2, 0.25) is 17.6 Å². The molecule has 1 saturated heterocycles. The van der Waals surface area contributed by atoms with Crippen molar-refractivity contribution in [3.63, 3.8) is 0 Å². The van der Waals surface area contributed by atoms with Crippen LogP contribution in [0.1, 0.15) is 32.1 Å². The largest absolute Gasteiger partial charge is 0.497 e. The minimum absolute atomic E-state index is 0.0385. The Kier molecular flexibility index (Phi) is 5.70. The molecule has 0 spiro atoms. The summed E-state index contributed by atoms with van der Waals surface area (Å²) in [6.07, 6.45) is 0.343. The van der Waals surface area contributed by atoms with E-state index in [-0.39, 0.29) is 11.8 Å². The molecule has 3 aromatic rings. The highest BCUT2D eigenvalue weighted by molar-refractivity contribution is 5.96. The Hall–Kier alpha value is -3.35. The maximum atomic E-state index is 12.5. The molecule has 2 aromatic carbocycles. The summed E-state index contributed by atoms with van der Waals surface area (Å²) in [5.74, 6) is 2.93. The zero-order valence-corrected chi connectivity index (χ0v) is 17.4. The normalized spacial score (nSPS) is 16.3. The average molecular weight is 407 g/mol. The van der Waals surface area contributed by atoms with Crippen molar-refractivity contribution in [2.24, 2.45) is 5.92 Å². The third-order valence-electron chi connectivity index (χ3n) is 5.00. The molecule has 7 heteroatoms. The van der Waals surface area contributed by atoms with Crippen LogP contribution in [0.3, 0.4) is 0 Å². The number of aromatic nitrogens is 2. The zero-order valence-electron chi connectivity index (χ0n) is 17.4. The van der Waals surface area contributed by atoms with Crippen molar-refractivity contribution in [2.45, 2.75) is 26.2 Å². The molecule has 1 fully saturated rings. The molecule has 1 aliphatic heterocycles. The first kappa shape index (κ1) is 19.9. The molecule has 0 bridgehead atoms. The molecule has 1 aliphatic rings. The summed E-state index contributed by atoms with van der Waals surface area (Å²) in [6.45, 7) is 5.40. The van der Waals surface area contributed by atoms with Crippen molar-refractivity contribution < 1.29 is 18.8 Å². The zero-order chi connectivity index (χ0) is 21.1. The molecule has 0 aliphatic carbocycles. The predicted molar refractivity (Wildman–Crippen MR) is 113 cm³/mol. The van der Waals surface area contributed by atoms with Gasteiger partial charge in [0.25, 0.3) is 0 Å². The highest BCUT2D eigenvalue weighted by Crippen LogP contribution is 2.32. The SMILES string of the molecule is COc1ccc(N2CC(c3nc(-c4ccc(OCC(C)C)cc4)no3)CC2=O)cc1. The van der Waals surface area contributed by atoms with E-state index < -0.39 is 0 Å². The number of rotatable bonds is 7. The molecule has 0 saturated carbocycles. The van der Waals surface area contributed by atoms with Crippen molar-refractivity contribution in [3.8, 4) is 22.9 Å². The summed E-state index contributed by atoms with van der Waals surface area (Å²) >= 11 is 0. The van der Waals surface area contributed by atoms with E-state index >= 15 is 0 Å². The number of benzene rings is 2. The van der Waals surface area contributed by atoms with E-state index in [0.717, 1.165) is 22.7 Å². The van der Waals surface area contributed by atoms with Crippen LogP contribution >= 0.6 is 0 Å². The number of nitrogens with zero attached hydrogens (tertiary/aromatic N) is 3. The minimum atomic E-state index is -0.130. The highest BCUT2D eigenvalue weighted by Gasteiger charge is 2.35. The number of anilines is 1. The Morgan fingerprint density at radius 2 is 1.80 bits per heavy atom. The monoisotopic (exact) mass is 407 g/mol. The molecule has 30 heavy (non-hydrogen) atoms. The summed E-state index contributed by atoms with van der Waals surface area (Å²) in [4.78, 5) is 18.8. The van der Waals surface area contributed by atoms with Gasteiger partial charge in [-0.3, -0.25) is 4.79 Å². The van der Waals surface area contributed by atoms with Gasteiger partial charge in [-0.25, -0.2) is 0 Å². The molecule has 0 N–H and O–H groups in total. The first-order valence-corrected chi connectivity index (χ1v) is 10.0. The van der Waals surface area contributed by atoms with Crippen molar-refractivity contribution >= 4 is 11.6 Å². The second-order valence-corrected chi connectivity index (χ2v) is 7.79. The fourth-order valence-electron chi connectivity index (χ4n) is 3.37. The lowest BCUT2D eigenvalue weighted by Gasteiger charge is -2.16. The molecule has 1 unspecified atom stereocenters. The fraction of sp³-hybridized carbons (Fsp3) is 0.348. The van der Waals surface area contributed by atoms with Gasteiger partial charge in [-0.2, -0.15) is 4.98 Å². The fourth-order valence-corrected chi connectivity index (χ4v) is 3.37. The molecule has 0 radical (unpaired) electrons. The lowest BCUT2D eigenvalue weighted by molar-refractivity contribution is -0.117. The highest BCUT2D eigenvalue weighted by atomic mass is 16.5. The first-order chi connectivity index (χ1) is 14.5. The number of ether oxygens (including phenoxy) is 2. The number of carbonyl (C=O) groups is 1. The average Bonchev–Trinajstić information content (AvgIpc) is 3.40. The summed E-state index contributed by atoms with van der Waals surface area (Å²) in [6, 6.07) is 15.1. The molecule has 1 amide bonds. The van der Waals surface area contributed by atoms with Crippen LogP contribution in [0.5, 0.6) is 11.5 Å². The lowest BCUT2D eigenvalue weighted by Crippen LogP contribution is -2.24. The summed E-state index contributed by atoms with van der Waals surface area (Å²) in [5.41, 5.74) is 1.68. The first-order valence-electron chi connectivity index (χ1n) is 10.0. The number of methoxy groups -OCH3 is 1. The lowest BCUT2D eigenvalue weighted by atomic mass is 10.1. The third-order valence-corrected chi connectivity index (χ3v) is 5.00. The second-order valence-electron chi connectivity index (χ2n) is 7.79. The van der Waals surface area contributed by atoms with Crippen LogP contribution in [0.15, 0.2) is 53.1 Å². The molecular formula is C23H25N3O4. The van der Waals surface area contributed by atoms with Gasteiger partial charge in [-0.05, 0) is 54.4 Å². The standard InChI is InChI=1S/C23H25N3O4/c1-15(2)14-29-20-8-4-16(5-9-20)22-24-23(30-25-22)17-12-21(27)26(13-17)18-6-10-19(28-3)11-7-18/h4-11,15,17H,12-14H2,1-3H3. The van der Waals surface area contributed by atoms with Crippen molar-refractivity contribution in [2.75, 3.05) is 25.2 Å². The van der Waals surface area contributed by atoms with Gasteiger partial charge in [-0.15, -0.1) is 0 Å². The van der Waals surface area contributed by atoms with Crippen LogP contribution in [-0.2, 0) is 4.79 Å². The van der Waals surface area contributed by atoms with Crippen molar-refractivity contribution in [1.29, 1.82) is 0 Å². The van der Waals surface area contributed by atoms with Crippen molar-refractivity contribution in [3.05, 3.63) is 54.4 Å². The van der Waals surface area contributed by atoms with E-state index in [2.05, 4.69) is 24.0 Å². The molecule has 156 valence electrons. The summed E-state index contributed by atoms with van der Waals surface area (Å²) in [7, 11) is 1.62. The Morgan fingerprint density at radius 3 is 2.47 bits per heavy atom. The van der Waals surface area contributed by atoms with E-state index in [0.29, 0.717) is 37.2 Å². The van der Waals surface area contributed by atoms with Gasteiger partial charge in [0, 0.05) is 24.2 Å². The van der Waals surface area contributed by atoms with Crippen LogP contribution in [0.4, 0.5) is 5.69 Å². The Balaban J connectivity index is 1.44. The second kappa shape index (κ2) is 8.57. The number of amides is 1. The summed E-state index contributed by atoms with van der Waals surface area (Å²) < 4.78 is 16.4. The van der Waals surface area contributed by atoms with Gasteiger partial charge in [0.15, 0.2) is 0 Å². The molecule has 1 aromatic heterocycles. The smallest absolute Gasteiger partial charge is 0.232 e. The van der Waals surface area contributed by atoms with Gasteiger partial charge in [0.1, 0.15) is 11.5 Å². The quantitative estimate of drug-likeness (QED) is 0.581.